The van der Waals surface area contributed by atoms with E-state index in [0.717, 1.165) is 12.0 Å². The van der Waals surface area contributed by atoms with Crippen LogP contribution in [0.3, 0.4) is 0 Å². The molecule has 3 heteroatoms. The number of hydrogen-bond acceptors (Lipinski definition) is 2. The molecular formula is C33H38O2Si. The van der Waals surface area contributed by atoms with Gasteiger partial charge in [-0.3, -0.25) is 0 Å². The van der Waals surface area contributed by atoms with E-state index in [9.17, 15) is 4.79 Å². The fraction of sp³-hybridized carbons (Fsp3) is 0.303. The fourth-order valence-electron chi connectivity index (χ4n) is 4.94. The maximum atomic E-state index is 12.1. The summed E-state index contributed by atoms with van der Waals surface area (Å²) in [7, 11) is -1.70. The Bertz CT molecular complexity index is 1320. The van der Waals surface area contributed by atoms with Gasteiger partial charge in [0.2, 0.25) is 0 Å². The van der Waals surface area contributed by atoms with E-state index >= 15 is 0 Å². The number of rotatable bonds is 6. The molecule has 186 valence electrons. The molecule has 3 aromatic rings. The number of hydrogen-bond donors (Lipinski definition) is 0. The van der Waals surface area contributed by atoms with Crippen molar-refractivity contribution in [2.75, 3.05) is 6.61 Å². The third-order valence-corrected chi connectivity index (χ3v) is 9.12. The highest BCUT2D eigenvalue weighted by atomic mass is 28.3. The first-order valence-corrected chi connectivity index (χ1v) is 16.4. The van der Waals surface area contributed by atoms with Gasteiger partial charge in [-0.15, -0.1) is 0 Å². The number of esters is 1. The Morgan fingerprint density at radius 3 is 2.19 bits per heavy atom. The van der Waals surface area contributed by atoms with E-state index in [-0.39, 0.29) is 11.4 Å². The summed E-state index contributed by atoms with van der Waals surface area (Å²) in [6.45, 7) is 16.2. The lowest BCUT2D eigenvalue weighted by atomic mass is 9.72. The Balaban J connectivity index is 1.80. The van der Waals surface area contributed by atoms with Crippen LogP contribution >= 0.6 is 0 Å². The molecule has 1 aliphatic rings. The third kappa shape index (κ3) is 5.47. The second kappa shape index (κ2) is 10.1. The van der Waals surface area contributed by atoms with E-state index in [1.165, 1.54) is 38.6 Å². The first-order valence-electron chi connectivity index (χ1n) is 12.9. The SMILES string of the molecule is CCOC(=O)c1ccc(C=C(c2ccc3c(c2)C(c2ccc(C)cc2)=CCC3(C)C)[Si](C)(C)C)cc1. The number of carbonyl (C=O) groups is 1. The van der Waals surface area contributed by atoms with E-state index in [2.05, 4.69) is 95.0 Å². The smallest absolute Gasteiger partial charge is 0.338 e. The number of fused-ring (bicyclic) bond motifs is 1. The lowest BCUT2D eigenvalue weighted by molar-refractivity contribution is 0.0526. The van der Waals surface area contributed by atoms with Gasteiger partial charge in [0.25, 0.3) is 0 Å². The Kier molecular flexibility index (Phi) is 7.24. The summed E-state index contributed by atoms with van der Waals surface area (Å²) >= 11 is 0. The number of allylic oxidation sites excluding steroid dienone is 1. The lowest BCUT2D eigenvalue weighted by Gasteiger charge is -2.33. The molecule has 0 spiro atoms. The normalized spacial score (nSPS) is 15.2. The van der Waals surface area contributed by atoms with Crippen molar-refractivity contribution in [3.05, 3.63) is 112 Å². The molecule has 0 aromatic heterocycles. The lowest BCUT2D eigenvalue weighted by Crippen LogP contribution is -2.25. The highest BCUT2D eigenvalue weighted by Gasteiger charge is 2.30. The Morgan fingerprint density at radius 2 is 1.58 bits per heavy atom. The maximum absolute atomic E-state index is 12.1. The van der Waals surface area contributed by atoms with Gasteiger partial charge in [0, 0.05) is 0 Å². The third-order valence-electron chi connectivity index (χ3n) is 7.07. The Morgan fingerprint density at radius 1 is 0.944 bits per heavy atom. The summed E-state index contributed by atoms with van der Waals surface area (Å²) in [5, 5.41) is 1.40. The van der Waals surface area contributed by atoms with E-state index in [1.54, 1.807) is 0 Å². The Hall–Kier alpha value is -3.17. The average Bonchev–Trinajstić information content (AvgIpc) is 2.83. The van der Waals surface area contributed by atoms with Crippen LogP contribution in [0.2, 0.25) is 19.6 Å². The summed E-state index contributed by atoms with van der Waals surface area (Å²) in [6.07, 6.45) is 5.76. The Labute approximate surface area is 217 Å². The van der Waals surface area contributed by atoms with E-state index in [4.69, 9.17) is 4.74 Å². The predicted molar refractivity (Wildman–Crippen MR) is 156 cm³/mol. The van der Waals surface area contributed by atoms with Gasteiger partial charge in [0.1, 0.15) is 0 Å². The second-order valence-corrected chi connectivity index (χ2v) is 16.5. The van der Waals surface area contributed by atoms with Gasteiger partial charge in [0.15, 0.2) is 0 Å². The number of ether oxygens (including phenoxy) is 1. The predicted octanol–water partition coefficient (Wildman–Crippen LogP) is 8.70. The monoisotopic (exact) mass is 494 g/mol. The van der Waals surface area contributed by atoms with Crippen molar-refractivity contribution in [1.82, 2.24) is 0 Å². The van der Waals surface area contributed by atoms with Gasteiger partial charge >= 0.3 is 5.97 Å². The first kappa shape index (κ1) is 25.9. The maximum Gasteiger partial charge on any atom is 0.338 e. The van der Waals surface area contributed by atoms with E-state index < -0.39 is 8.07 Å². The van der Waals surface area contributed by atoms with Crippen LogP contribution in [-0.2, 0) is 10.2 Å². The minimum Gasteiger partial charge on any atom is -0.462 e. The standard InChI is InChI=1S/C33H38O2Si/c1-8-35-32(34)26-15-11-24(12-16-26)21-31(36(5,6)7)27-17-18-30-29(22-27)28(19-20-33(30,3)4)25-13-9-23(2)10-14-25/h9-19,21-22H,8,20H2,1-7H3. The van der Waals surface area contributed by atoms with Crippen LogP contribution in [0.1, 0.15) is 70.9 Å². The second-order valence-electron chi connectivity index (χ2n) is 11.5. The van der Waals surface area contributed by atoms with Gasteiger partial charge in [-0.25, -0.2) is 4.79 Å². The van der Waals surface area contributed by atoms with Crippen molar-refractivity contribution in [3.63, 3.8) is 0 Å². The number of carbonyl (C=O) groups excluding carboxylic acids is 1. The highest BCUT2D eigenvalue weighted by molar-refractivity contribution is 6.94. The van der Waals surface area contributed by atoms with Crippen molar-refractivity contribution in [2.24, 2.45) is 0 Å². The van der Waals surface area contributed by atoms with Gasteiger partial charge in [-0.05, 0) is 77.3 Å². The van der Waals surface area contributed by atoms with Crippen molar-refractivity contribution in [3.8, 4) is 0 Å². The molecule has 36 heavy (non-hydrogen) atoms. The topological polar surface area (TPSA) is 26.3 Å². The van der Waals surface area contributed by atoms with Gasteiger partial charge in [-0.2, -0.15) is 0 Å². The molecule has 2 nitrogen and oxygen atoms in total. The molecule has 0 fully saturated rings. The molecule has 0 atom stereocenters. The molecular weight excluding hydrogens is 456 g/mol. The van der Waals surface area contributed by atoms with Gasteiger partial charge in [-0.1, -0.05) is 105 Å². The van der Waals surface area contributed by atoms with Crippen LogP contribution in [0.4, 0.5) is 0 Å². The van der Waals surface area contributed by atoms with Crippen LogP contribution in [0.5, 0.6) is 0 Å². The minimum atomic E-state index is -1.70. The first-order chi connectivity index (χ1) is 17.0. The average molecular weight is 495 g/mol. The van der Waals surface area contributed by atoms with Crippen LogP contribution in [0.15, 0.2) is 72.8 Å². The molecule has 0 radical (unpaired) electrons. The molecule has 0 unspecified atom stereocenters. The molecule has 1 aliphatic carbocycles. The van der Waals surface area contributed by atoms with Crippen molar-refractivity contribution in [2.45, 2.75) is 59.2 Å². The number of aryl methyl sites for hydroxylation is 1. The minimum absolute atomic E-state index is 0.105. The van der Waals surface area contributed by atoms with E-state index in [0.29, 0.717) is 12.2 Å². The molecule has 0 saturated heterocycles. The molecule has 0 N–H and O–H groups in total. The summed E-state index contributed by atoms with van der Waals surface area (Å²) in [5.41, 5.74) is 9.74. The van der Waals surface area contributed by atoms with Crippen LogP contribution in [0, 0.1) is 6.92 Å². The van der Waals surface area contributed by atoms with Crippen molar-refractivity contribution >= 4 is 30.9 Å². The molecule has 3 aromatic carbocycles. The van der Waals surface area contributed by atoms with Crippen molar-refractivity contribution in [1.29, 1.82) is 0 Å². The summed E-state index contributed by atoms with van der Waals surface area (Å²) in [6, 6.07) is 23.7. The molecule has 0 amide bonds. The zero-order valence-corrected chi connectivity index (χ0v) is 23.7. The zero-order valence-electron chi connectivity index (χ0n) is 22.7. The zero-order chi connectivity index (χ0) is 26.1. The van der Waals surface area contributed by atoms with Crippen LogP contribution in [0.25, 0.3) is 16.8 Å². The van der Waals surface area contributed by atoms with Crippen LogP contribution < -0.4 is 0 Å². The summed E-state index contributed by atoms with van der Waals surface area (Å²) in [4.78, 5) is 12.1. The molecule has 4 rings (SSSR count). The molecule has 0 aliphatic heterocycles. The van der Waals surface area contributed by atoms with E-state index in [1.807, 2.05) is 31.2 Å². The van der Waals surface area contributed by atoms with Gasteiger partial charge in [0.05, 0.1) is 20.2 Å². The summed E-state index contributed by atoms with van der Waals surface area (Å²) < 4.78 is 5.14. The molecule has 0 bridgehead atoms. The summed E-state index contributed by atoms with van der Waals surface area (Å²) in [5.74, 6) is -0.272. The largest absolute Gasteiger partial charge is 0.462 e. The fourth-order valence-corrected chi connectivity index (χ4v) is 6.56. The van der Waals surface area contributed by atoms with Gasteiger partial charge < -0.3 is 4.74 Å². The quantitative estimate of drug-likeness (QED) is 0.195. The molecule has 0 heterocycles. The van der Waals surface area contributed by atoms with Crippen LogP contribution in [-0.4, -0.2) is 20.7 Å². The molecule has 0 saturated carbocycles. The number of benzene rings is 3. The van der Waals surface area contributed by atoms with Crippen molar-refractivity contribution < 1.29 is 9.53 Å². The highest BCUT2D eigenvalue weighted by Crippen LogP contribution is 2.43.